The van der Waals surface area contributed by atoms with Gasteiger partial charge in [0.05, 0.1) is 10.6 Å². The van der Waals surface area contributed by atoms with Crippen molar-refractivity contribution < 1.29 is 13.2 Å². The van der Waals surface area contributed by atoms with Gasteiger partial charge in [-0.05, 0) is 49.7 Å². The smallest absolute Gasteiger partial charge is 0.368 e. The number of benzene rings is 1. The Balaban J connectivity index is 1.60. The van der Waals surface area contributed by atoms with Crippen LogP contribution in [-0.4, -0.2) is 52.2 Å². The van der Waals surface area contributed by atoms with Gasteiger partial charge in [-0.1, -0.05) is 24.9 Å². The van der Waals surface area contributed by atoms with Gasteiger partial charge in [-0.25, -0.2) is 4.98 Å². The summed E-state index contributed by atoms with van der Waals surface area (Å²) in [5.41, 5.74) is 5.91. The maximum Gasteiger partial charge on any atom is 0.416 e. The first kappa shape index (κ1) is 25.7. The highest BCUT2D eigenvalue weighted by atomic mass is 35.5. The van der Waals surface area contributed by atoms with E-state index in [4.69, 9.17) is 22.3 Å². The standard InChI is InChI=1S/C24H28ClF3N8/c1-3-4-12-36(18-9-7-17(8-10-18)24(26,27)28)23-32-21(29)31-22(33-23)35-14-13-34(15-16(35)2)20-19(25)6-5-11-30-20/h5-11,16H,3-4,12-15H2,1-2H3,(H2,29,31,32,33). The molecule has 2 N–H and O–H groups in total. The predicted octanol–water partition coefficient (Wildman–Crippen LogP) is 5.17. The van der Waals surface area contributed by atoms with Crippen LogP contribution in [0.4, 0.5) is 42.5 Å². The molecule has 0 bridgehead atoms. The number of nitrogen functional groups attached to an aromatic ring is 1. The zero-order valence-corrected chi connectivity index (χ0v) is 20.8. The summed E-state index contributed by atoms with van der Waals surface area (Å²) in [6.07, 6.45) is -1.01. The molecule has 0 amide bonds. The van der Waals surface area contributed by atoms with Crippen LogP contribution >= 0.6 is 11.6 Å². The number of hydrogen-bond donors (Lipinski definition) is 1. The van der Waals surface area contributed by atoms with Crippen LogP contribution in [0.25, 0.3) is 0 Å². The number of hydrogen-bond acceptors (Lipinski definition) is 8. The fourth-order valence-electron chi connectivity index (χ4n) is 4.17. The number of pyridine rings is 1. The van der Waals surface area contributed by atoms with Crippen molar-refractivity contribution in [2.75, 3.05) is 46.6 Å². The Bertz CT molecular complexity index is 1170. The summed E-state index contributed by atoms with van der Waals surface area (Å²) in [4.78, 5) is 23.7. The number of nitrogens with two attached hydrogens (primary N) is 1. The topological polar surface area (TPSA) is 87.3 Å². The van der Waals surface area contributed by atoms with Gasteiger partial charge in [0.25, 0.3) is 0 Å². The third-order valence-corrected chi connectivity index (χ3v) is 6.33. The van der Waals surface area contributed by atoms with Gasteiger partial charge in [0.15, 0.2) is 0 Å². The fraction of sp³-hybridized carbons (Fsp3) is 0.417. The van der Waals surface area contributed by atoms with Gasteiger partial charge in [0, 0.05) is 44.1 Å². The Morgan fingerprint density at radius 3 is 2.50 bits per heavy atom. The van der Waals surface area contributed by atoms with Crippen LogP contribution in [-0.2, 0) is 6.18 Å². The molecule has 2 aromatic heterocycles. The van der Waals surface area contributed by atoms with E-state index in [2.05, 4.69) is 19.9 Å². The first-order chi connectivity index (χ1) is 17.2. The van der Waals surface area contributed by atoms with Crippen molar-refractivity contribution in [1.29, 1.82) is 0 Å². The van der Waals surface area contributed by atoms with E-state index in [1.165, 1.54) is 12.1 Å². The monoisotopic (exact) mass is 520 g/mol. The van der Waals surface area contributed by atoms with Crippen molar-refractivity contribution in [1.82, 2.24) is 19.9 Å². The number of aromatic nitrogens is 4. The minimum absolute atomic E-state index is 0.0154. The van der Waals surface area contributed by atoms with Crippen molar-refractivity contribution >= 4 is 41.0 Å². The molecule has 1 fully saturated rings. The zero-order chi connectivity index (χ0) is 25.9. The summed E-state index contributed by atoms with van der Waals surface area (Å²) >= 11 is 6.33. The van der Waals surface area contributed by atoms with Gasteiger partial charge in [-0.15, -0.1) is 0 Å². The van der Waals surface area contributed by atoms with Crippen molar-refractivity contribution in [3.63, 3.8) is 0 Å². The van der Waals surface area contributed by atoms with Crippen molar-refractivity contribution in [3.05, 3.63) is 53.2 Å². The molecule has 8 nitrogen and oxygen atoms in total. The molecule has 0 saturated carbocycles. The van der Waals surface area contributed by atoms with Crippen molar-refractivity contribution in [2.24, 2.45) is 0 Å². The molecule has 1 aliphatic rings. The van der Waals surface area contributed by atoms with Crippen LogP contribution in [0, 0.1) is 0 Å². The lowest BCUT2D eigenvalue weighted by molar-refractivity contribution is -0.137. The molecule has 3 aromatic rings. The fourth-order valence-corrected chi connectivity index (χ4v) is 4.41. The van der Waals surface area contributed by atoms with Gasteiger partial charge in [-0.2, -0.15) is 28.1 Å². The molecule has 1 aromatic carbocycles. The number of unbranched alkanes of at least 4 members (excludes halogenated alkanes) is 1. The van der Waals surface area contributed by atoms with E-state index in [0.29, 0.717) is 48.8 Å². The molecule has 12 heteroatoms. The number of rotatable bonds is 7. The Morgan fingerprint density at radius 1 is 1.11 bits per heavy atom. The van der Waals surface area contributed by atoms with E-state index in [1.54, 1.807) is 17.2 Å². The van der Waals surface area contributed by atoms with Crippen LogP contribution in [0.2, 0.25) is 5.02 Å². The third kappa shape index (κ3) is 5.72. The number of piperazine rings is 1. The van der Waals surface area contributed by atoms with Crippen molar-refractivity contribution in [3.8, 4) is 0 Å². The molecular formula is C24H28ClF3N8. The van der Waals surface area contributed by atoms with E-state index in [0.717, 1.165) is 30.8 Å². The van der Waals surface area contributed by atoms with E-state index >= 15 is 0 Å². The number of anilines is 5. The van der Waals surface area contributed by atoms with Gasteiger partial charge in [-0.3, -0.25) is 0 Å². The molecule has 1 unspecified atom stereocenters. The van der Waals surface area contributed by atoms with Crippen LogP contribution in [0.3, 0.4) is 0 Å². The van der Waals surface area contributed by atoms with E-state index in [1.807, 2.05) is 24.8 Å². The summed E-state index contributed by atoms with van der Waals surface area (Å²) in [5.74, 6) is 1.50. The largest absolute Gasteiger partial charge is 0.416 e. The molecule has 192 valence electrons. The molecule has 0 radical (unpaired) electrons. The Labute approximate surface area is 212 Å². The average Bonchev–Trinajstić information content (AvgIpc) is 2.84. The van der Waals surface area contributed by atoms with Gasteiger partial charge >= 0.3 is 6.18 Å². The Kier molecular flexibility index (Phi) is 7.67. The van der Waals surface area contributed by atoms with Crippen LogP contribution in [0.5, 0.6) is 0 Å². The lowest BCUT2D eigenvalue weighted by Gasteiger charge is -2.40. The quantitative estimate of drug-likeness (QED) is 0.456. The normalized spacial score (nSPS) is 16.3. The molecule has 4 rings (SSSR count). The first-order valence-electron chi connectivity index (χ1n) is 11.8. The minimum atomic E-state index is -4.41. The predicted molar refractivity (Wildman–Crippen MR) is 136 cm³/mol. The molecule has 1 aliphatic heterocycles. The van der Waals surface area contributed by atoms with Crippen LogP contribution in [0.15, 0.2) is 42.6 Å². The first-order valence-corrected chi connectivity index (χ1v) is 12.1. The lowest BCUT2D eigenvalue weighted by atomic mass is 10.2. The molecular weight excluding hydrogens is 493 g/mol. The lowest BCUT2D eigenvalue weighted by Crippen LogP contribution is -2.53. The van der Waals surface area contributed by atoms with Crippen molar-refractivity contribution in [2.45, 2.75) is 38.9 Å². The zero-order valence-electron chi connectivity index (χ0n) is 20.1. The SMILES string of the molecule is CCCCN(c1ccc(C(F)(F)F)cc1)c1nc(N)nc(N2CCN(c3ncccc3Cl)CC2C)n1. The minimum Gasteiger partial charge on any atom is -0.368 e. The van der Waals surface area contributed by atoms with Crippen LogP contribution in [0.1, 0.15) is 32.3 Å². The van der Waals surface area contributed by atoms with Gasteiger partial charge in [0.1, 0.15) is 5.82 Å². The summed E-state index contributed by atoms with van der Waals surface area (Å²) in [5, 5.41) is 0.591. The molecule has 3 heterocycles. The average molecular weight is 521 g/mol. The molecule has 0 spiro atoms. The molecule has 0 aliphatic carbocycles. The van der Waals surface area contributed by atoms with Crippen LogP contribution < -0.4 is 20.4 Å². The maximum absolute atomic E-state index is 13.1. The molecule has 36 heavy (non-hydrogen) atoms. The maximum atomic E-state index is 13.1. The summed E-state index contributed by atoms with van der Waals surface area (Å²) in [6, 6.07) is 8.59. The third-order valence-electron chi connectivity index (χ3n) is 6.04. The number of alkyl halides is 3. The van der Waals surface area contributed by atoms with Gasteiger partial charge in [0.2, 0.25) is 17.8 Å². The summed E-state index contributed by atoms with van der Waals surface area (Å²) in [7, 11) is 0. The van der Waals surface area contributed by atoms with E-state index in [9.17, 15) is 13.2 Å². The highest BCUT2D eigenvalue weighted by Crippen LogP contribution is 2.33. The second-order valence-corrected chi connectivity index (χ2v) is 9.05. The highest BCUT2D eigenvalue weighted by molar-refractivity contribution is 6.32. The molecule has 1 saturated heterocycles. The summed E-state index contributed by atoms with van der Waals surface area (Å²) < 4.78 is 39.2. The molecule has 1 atom stereocenters. The Hall–Kier alpha value is -3.34. The highest BCUT2D eigenvalue weighted by Gasteiger charge is 2.31. The second-order valence-electron chi connectivity index (χ2n) is 8.64. The summed E-state index contributed by atoms with van der Waals surface area (Å²) in [6.45, 7) is 6.51. The number of nitrogens with zero attached hydrogens (tertiary/aromatic N) is 7. The van der Waals surface area contributed by atoms with E-state index in [-0.39, 0.29) is 12.0 Å². The Morgan fingerprint density at radius 2 is 1.86 bits per heavy atom. The van der Waals surface area contributed by atoms with Gasteiger partial charge < -0.3 is 20.4 Å². The number of halogens is 4. The second kappa shape index (κ2) is 10.7. The van der Waals surface area contributed by atoms with E-state index < -0.39 is 11.7 Å².